The zero-order valence-electron chi connectivity index (χ0n) is 15.4. The third-order valence-corrected chi connectivity index (χ3v) is 4.81. The van der Waals surface area contributed by atoms with E-state index in [1.54, 1.807) is 6.20 Å². The molecule has 0 spiro atoms. The monoisotopic (exact) mass is 359 g/mol. The first-order valence-electron chi connectivity index (χ1n) is 8.32. The Morgan fingerprint density at radius 1 is 1.20 bits per heavy atom. The SMILES string of the molecule is CC(=O)C(NC(=O)CSc1nccn1-c1cc(C)cc(C)c1)C(C)C. The number of nitrogens with zero attached hydrogens (tertiary/aromatic N) is 2. The average Bonchev–Trinajstić information content (AvgIpc) is 2.97. The molecule has 0 bridgehead atoms. The minimum Gasteiger partial charge on any atom is -0.345 e. The molecule has 0 saturated heterocycles. The average molecular weight is 359 g/mol. The highest BCUT2D eigenvalue weighted by atomic mass is 32.2. The van der Waals surface area contributed by atoms with Crippen LogP contribution in [0.3, 0.4) is 0 Å². The summed E-state index contributed by atoms with van der Waals surface area (Å²) in [4.78, 5) is 28.2. The minimum absolute atomic E-state index is 0.0231. The van der Waals surface area contributed by atoms with Crippen LogP contribution < -0.4 is 5.32 Å². The number of benzene rings is 1. The van der Waals surface area contributed by atoms with E-state index in [9.17, 15) is 9.59 Å². The predicted molar refractivity (Wildman–Crippen MR) is 101 cm³/mol. The van der Waals surface area contributed by atoms with Crippen LogP contribution in [0, 0.1) is 19.8 Å². The predicted octanol–water partition coefficient (Wildman–Crippen LogP) is 3.31. The molecule has 0 aliphatic heterocycles. The number of amides is 1. The maximum absolute atomic E-state index is 12.2. The smallest absolute Gasteiger partial charge is 0.231 e. The number of nitrogens with one attached hydrogen (secondary N) is 1. The number of aromatic nitrogens is 2. The van der Waals surface area contributed by atoms with E-state index in [-0.39, 0.29) is 23.4 Å². The molecule has 0 radical (unpaired) electrons. The first-order chi connectivity index (χ1) is 11.8. The fourth-order valence-electron chi connectivity index (χ4n) is 2.77. The second kappa shape index (κ2) is 8.34. The summed E-state index contributed by atoms with van der Waals surface area (Å²) in [6.07, 6.45) is 3.62. The van der Waals surface area contributed by atoms with Crippen LogP contribution in [0.15, 0.2) is 35.7 Å². The molecule has 0 aliphatic carbocycles. The summed E-state index contributed by atoms with van der Waals surface area (Å²) >= 11 is 1.36. The maximum Gasteiger partial charge on any atom is 0.231 e. The second-order valence-corrected chi connectivity index (χ2v) is 7.56. The van der Waals surface area contributed by atoms with Gasteiger partial charge >= 0.3 is 0 Å². The summed E-state index contributed by atoms with van der Waals surface area (Å²) in [5, 5.41) is 3.56. The van der Waals surface area contributed by atoms with Crippen LogP contribution in [-0.4, -0.2) is 33.0 Å². The number of imidazole rings is 1. The first kappa shape index (κ1) is 19.2. The van der Waals surface area contributed by atoms with Crippen molar-refractivity contribution in [3.8, 4) is 5.69 Å². The lowest BCUT2D eigenvalue weighted by molar-refractivity contribution is -0.126. The van der Waals surface area contributed by atoms with Crippen LogP contribution in [0.4, 0.5) is 0 Å². The van der Waals surface area contributed by atoms with E-state index in [0.29, 0.717) is 0 Å². The Morgan fingerprint density at radius 3 is 2.40 bits per heavy atom. The van der Waals surface area contributed by atoms with Gasteiger partial charge in [0.15, 0.2) is 10.9 Å². The number of aryl methyl sites for hydroxylation is 2. The van der Waals surface area contributed by atoms with Gasteiger partial charge in [-0.25, -0.2) is 4.98 Å². The quantitative estimate of drug-likeness (QED) is 0.771. The van der Waals surface area contributed by atoms with Crippen molar-refractivity contribution in [2.75, 3.05) is 5.75 Å². The van der Waals surface area contributed by atoms with Crippen molar-refractivity contribution in [2.45, 2.75) is 45.8 Å². The summed E-state index contributed by atoms with van der Waals surface area (Å²) in [5.74, 6) is 0.112. The molecule has 5 nitrogen and oxygen atoms in total. The van der Waals surface area contributed by atoms with E-state index in [4.69, 9.17) is 0 Å². The maximum atomic E-state index is 12.2. The van der Waals surface area contributed by atoms with Gasteiger partial charge in [-0.3, -0.25) is 14.2 Å². The molecule has 134 valence electrons. The Labute approximate surface area is 153 Å². The Kier molecular flexibility index (Phi) is 6.42. The van der Waals surface area contributed by atoms with Crippen LogP contribution in [-0.2, 0) is 9.59 Å². The van der Waals surface area contributed by atoms with Gasteiger partial charge in [-0.1, -0.05) is 31.7 Å². The lowest BCUT2D eigenvalue weighted by Gasteiger charge is -2.19. The first-order valence-corrected chi connectivity index (χ1v) is 9.31. The molecule has 1 atom stereocenters. The van der Waals surface area contributed by atoms with Crippen molar-refractivity contribution in [2.24, 2.45) is 5.92 Å². The molecule has 2 aromatic rings. The van der Waals surface area contributed by atoms with Gasteiger partial charge in [0.05, 0.1) is 11.8 Å². The number of hydrogen-bond acceptors (Lipinski definition) is 4. The van der Waals surface area contributed by atoms with Gasteiger partial charge < -0.3 is 5.32 Å². The second-order valence-electron chi connectivity index (χ2n) is 6.61. The van der Waals surface area contributed by atoms with Gasteiger partial charge in [0.2, 0.25) is 5.91 Å². The van der Waals surface area contributed by atoms with E-state index < -0.39 is 6.04 Å². The van der Waals surface area contributed by atoms with Crippen LogP contribution in [0.2, 0.25) is 0 Å². The zero-order chi connectivity index (χ0) is 18.6. The fourth-order valence-corrected chi connectivity index (χ4v) is 3.55. The van der Waals surface area contributed by atoms with Crippen molar-refractivity contribution < 1.29 is 9.59 Å². The van der Waals surface area contributed by atoms with Gasteiger partial charge in [-0.05, 0) is 49.9 Å². The third kappa shape index (κ3) is 5.19. The Balaban J connectivity index is 2.06. The molecular formula is C19H25N3O2S. The van der Waals surface area contributed by atoms with E-state index in [2.05, 4.69) is 42.3 Å². The summed E-state index contributed by atoms with van der Waals surface area (Å²) in [7, 11) is 0. The lowest BCUT2D eigenvalue weighted by Crippen LogP contribution is -2.44. The van der Waals surface area contributed by atoms with Crippen molar-refractivity contribution in [3.05, 3.63) is 41.7 Å². The number of hydrogen-bond donors (Lipinski definition) is 1. The van der Waals surface area contributed by atoms with Gasteiger partial charge in [-0.2, -0.15) is 0 Å². The minimum atomic E-state index is -0.438. The molecule has 1 aromatic heterocycles. The lowest BCUT2D eigenvalue weighted by atomic mass is 10.0. The molecule has 0 saturated carbocycles. The van der Waals surface area contributed by atoms with E-state index in [0.717, 1.165) is 10.8 Å². The molecule has 2 rings (SSSR count). The van der Waals surface area contributed by atoms with E-state index in [1.165, 1.54) is 29.8 Å². The highest BCUT2D eigenvalue weighted by Gasteiger charge is 2.21. The van der Waals surface area contributed by atoms with Crippen LogP contribution in [0.5, 0.6) is 0 Å². The topological polar surface area (TPSA) is 64.0 Å². The summed E-state index contributed by atoms with van der Waals surface area (Å²) in [5.41, 5.74) is 3.39. The molecule has 1 amide bonds. The van der Waals surface area contributed by atoms with Gasteiger partial charge in [0, 0.05) is 18.1 Å². The number of ketones is 1. The number of Topliss-reactive ketones (excluding diaryl/α,β-unsaturated/α-hetero) is 1. The molecule has 1 aromatic carbocycles. The van der Waals surface area contributed by atoms with Gasteiger partial charge in [0.25, 0.3) is 0 Å². The van der Waals surface area contributed by atoms with Crippen molar-refractivity contribution in [1.82, 2.24) is 14.9 Å². The number of carbonyl (C=O) groups excluding carboxylic acids is 2. The fraction of sp³-hybridized carbons (Fsp3) is 0.421. The van der Waals surface area contributed by atoms with E-state index in [1.807, 2.05) is 24.6 Å². The Hall–Kier alpha value is -2.08. The molecule has 0 aliphatic rings. The summed E-state index contributed by atoms with van der Waals surface area (Å²) in [6.45, 7) is 9.46. The number of carbonyl (C=O) groups is 2. The molecule has 1 unspecified atom stereocenters. The molecule has 0 fully saturated rings. The number of thioether (sulfide) groups is 1. The Bertz CT molecular complexity index is 748. The zero-order valence-corrected chi connectivity index (χ0v) is 16.2. The third-order valence-electron chi connectivity index (χ3n) is 3.84. The summed E-state index contributed by atoms with van der Waals surface area (Å²) < 4.78 is 1.98. The van der Waals surface area contributed by atoms with Crippen LogP contribution in [0.25, 0.3) is 5.69 Å². The Morgan fingerprint density at radius 2 is 1.84 bits per heavy atom. The molecule has 25 heavy (non-hydrogen) atoms. The summed E-state index contributed by atoms with van der Waals surface area (Å²) in [6, 6.07) is 5.86. The van der Waals surface area contributed by atoms with Crippen molar-refractivity contribution in [3.63, 3.8) is 0 Å². The van der Waals surface area contributed by atoms with Gasteiger partial charge in [-0.15, -0.1) is 0 Å². The molecule has 1 N–H and O–H groups in total. The largest absolute Gasteiger partial charge is 0.345 e. The molecule has 6 heteroatoms. The molecular weight excluding hydrogens is 334 g/mol. The highest BCUT2D eigenvalue weighted by Crippen LogP contribution is 2.22. The van der Waals surface area contributed by atoms with Crippen LogP contribution in [0.1, 0.15) is 31.9 Å². The van der Waals surface area contributed by atoms with Crippen molar-refractivity contribution >= 4 is 23.5 Å². The number of rotatable bonds is 7. The molecule has 1 heterocycles. The van der Waals surface area contributed by atoms with Crippen molar-refractivity contribution in [1.29, 1.82) is 0 Å². The standard InChI is InChI=1S/C19H25N3O2S/c1-12(2)18(15(5)23)21-17(24)11-25-19-20-6-7-22(19)16-9-13(3)8-14(4)10-16/h6-10,12,18H,11H2,1-5H3,(H,21,24). The van der Waals surface area contributed by atoms with Gasteiger partial charge in [0.1, 0.15) is 0 Å². The normalized spacial score (nSPS) is 12.2. The van der Waals surface area contributed by atoms with E-state index >= 15 is 0 Å². The highest BCUT2D eigenvalue weighted by molar-refractivity contribution is 7.99. The van der Waals surface area contributed by atoms with Crippen LogP contribution >= 0.6 is 11.8 Å².